The van der Waals surface area contributed by atoms with E-state index < -0.39 is 6.48 Å². The molecule has 0 amide bonds. The normalized spacial score (nSPS) is 11.2. The van der Waals surface area contributed by atoms with Gasteiger partial charge in [-0.05, 0) is 6.42 Å². The number of hydrogen-bond donors (Lipinski definition) is 0. The predicted molar refractivity (Wildman–Crippen MR) is 66.4 cm³/mol. The van der Waals surface area contributed by atoms with Crippen molar-refractivity contribution in [3.05, 3.63) is 0 Å². The van der Waals surface area contributed by atoms with Crippen LogP contribution in [0.25, 0.3) is 0 Å². The van der Waals surface area contributed by atoms with Crippen LogP contribution in [0, 0.1) is 0 Å². The SMILES string of the molecule is CCCCCCCCCCOC(OC)OC. The highest BCUT2D eigenvalue weighted by Gasteiger charge is 2.03. The Morgan fingerprint density at radius 3 is 1.75 bits per heavy atom. The summed E-state index contributed by atoms with van der Waals surface area (Å²) in [4.78, 5) is 0. The third kappa shape index (κ3) is 10.4. The first-order chi connectivity index (χ1) is 7.85. The van der Waals surface area contributed by atoms with E-state index in [1.54, 1.807) is 14.2 Å². The average molecular weight is 232 g/mol. The van der Waals surface area contributed by atoms with Gasteiger partial charge in [0.25, 0.3) is 6.48 Å². The van der Waals surface area contributed by atoms with E-state index in [9.17, 15) is 0 Å². The summed E-state index contributed by atoms with van der Waals surface area (Å²) in [6.45, 7) is 2.48. The Labute approximate surface area is 100 Å². The van der Waals surface area contributed by atoms with Gasteiger partial charge in [0, 0.05) is 14.2 Å². The Morgan fingerprint density at radius 2 is 1.25 bits per heavy atom. The molecule has 0 rings (SSSR count). The van der Waals surface area contributed by atoms with Gasteiger partial charge in [-0.15, -0.1) is 0 Å². The summed E-state index contributed by atoms with van der Waals surface area (Å²) in [6, 6.07) is 0. The first-order valence-electron chi connectivity index (χ1n) is 6.52. The Kier molecular flexibility index (Phi) is 12.9. The van der Waals surface area contributed by atoms with Crippen LogP contribution in [0.3, 0.4) is 0 Å². The summed E-state index contributed by atoms with van der Waals surface area (Å²) >= 11 is 0. The van der Waals surface area contributed by atoms with Crippen molar-refractivity contribution in [2.45, 2.75) is 64.8 Å². The van der Waals surface area contributed by atoms with Gasteiger partial charge in [-0.3, -0.25) is 0 Å². The minimum atomic E-state index is -0.496. The summed E-state index contributed by atoms with van der Waals surface area (Å²) < 4.78 is 15.2. The monoisotopic (exact) mass is 232 g/mol. The average Bonchev–Trinajstić information content (AvgIpc) is 2.32. The largest absolute Gasteiger partial charge is 0.333 e. The molecule has 16 heavy (non-hydrogen) atoms. The van der Waals surface area contributed by atoms with Crippen LogP contribution < -0.4 is 0 Å². The summed E-state index contributed by atoms with van der Waals surface area (Å²) in [5.41, 5.74) is 0. The number of methoxy groups -OCH3 is 2. The molecule has 0 N–H and O–H groups in total. The van der Waals surface area contributed by atoms with E-state index >= 15 is 0 Å². The molecular weight excluding hydrogens is 204 g/mol. The molecule has 0 heterocycles. The molecule has 0 radical (unpaired) electrons. The number of rotatable bonds is 12. The maximum atomic E-state index is 5.34. The lowest BCUT2D eigenvalue weighted by molar-refractivity contribution is -0.265. The first-order valence-corrected chi connectivity index (χ1v) is 6.52. The molecule has 0 unspecified atom stereocenters. The van der Waals surface area contributed by atoms with Crippen LogP contribution in [-0.4, -0.2) is 27.3 Å². The van der Waals surface area contributed by atoms with Gasteiger partial charge in [0.05, 0.1) is 6.61 Å². The van der Waals surface area contributed by atoms with E-state index in [2.05, 4.69) is 6.92 Å². The standard InChI is InChI=1S/C13H28O3/c1-4-5-6-7-8-9-10-11-12-16-13(14-2)15-3/h13H,4-12H2,1-3H3. The van der Waals surface area contributed by atoms with E-state index in [4.69, 9.17) is 14.2 Å². The third-order valence-corrected chi connectivity index (χ3v) is 2.64. The van der Waals surface area contributed by atoms with Crippen molar-refractivity contribution in [3.63, 3.8) is 0 Å². The molecule has 0 atom stereocenters. The summed E-state index contributed by atoms with van der Waals surface area (Å²) in [6.07, 6.45) is 10.5. The van der Waals surface area contributed by atoms with E-state index in [1.165, 1.54) is 44.9 Å². The van der Waals surface area contributed by atoms with E-state index in [0.717, 1.165) is 13.0 Å². The van der Waals surface area contributed by atoms with Crippen molar-refractivity contribution in [1.82, 2.24) is 0 Å². The Hall–Kier alpha value is -0.120. The van der Waals surface area contributed by atoms with Crippen LogP contribution in [0.5, 0.6) is 0 Å². The van der Waals surface area contributed by atoms with Gasteiger partial charge in [-0.25, -0.2) is 0 Å². The highest BCUT2D eigenvalue weighted by molar-refractivity contribution is 4.45. The molecule has 0 fully saturated rings. The van der Waals surface area contributed by atoms with Crippen molar-refractivity contribution in [1.29, 1.82) is 0 Å². The van der Waals surface area contributed by atoms with Crippen LogP contribution >= 0.6 is 0 Å². The van der Waals surface area contributed by atoms with Crippen LogP contribution in [0.2, 0.25) is 0 Å². The molecule has 3 heteroatoms. The molecule has 0 saturated heterocycles. The quantitative estimate of drug-likeness (QED) is 0.379. The zero-order chi connectivity index (χ0) is 12.1. The first kappa shape index (κ1) is 15.9. The minimum Gasteiger partial charge on any atom is -0.333 e. The fourth-order valence-electron chi connectivity index (χ4n) is 1.65. The van der Waals surface area contributed by atoms with Gasteiger partial charge >= 0.3 is 0 Å². The molecule has 0 aromatic heterocycles. The zero-order valence-electron chi connectivity index (χ0n) is 11.2. The lowest BCUT2D eigenvalue weighted by Crippen LogP contribution is -2.17. The maximum absolute atomic E-state index is 5.34. The maximum Gasteiger partial charge on any atom is 0.271 e. The smallest absolute Gasteiger partial charge is 0.271 e. The molecule has 0 spiro atoms. The lowest BCUT2D eigenvalue weighted by Gasteiger charge is -2.13. The van der Waals surface area contributed by atoms with Crippen LogP contribution in [0.1, 0.15) is 58.3 Å². The Bertz CT molecular complexity index is 124. The number of unbranched alkanes of at least 4 members (excludes halogenated alkanes) is 7. The molecule has 3 nitrogen and oxygen atoms in total. The van der Waals surface area contributed by atoms with Gasteiger partial charge in [0.15, 0.2) is 0 Å². The summed E-state index contributed by atoms with van der Waals surface area (Å²) in [5, 5.41) is 0. The number of ether oxygens (including phenoxy) is 3. The lowest BCUT2D eigenvalue weighted by atomic mass is 10.1. The van der Waals surface area contributed by atoms with Crippen molar-refractivity contribution in [2.24, 2.45) is 0 Å². The topological polar surface area (TPSA) is 27.7 Å². The third-order valence-electron chi connectivity index (χ3n) is 2.64. The van der Waals surface area contributed by atoms with Crippen molar-refractivity contribution in [3.8, 4) is 0 Å². The Balaban J connectivity index is 3.03. The number of hydrogen-bond acceptors (Lipinski definition) is 3. The fraction of sp³-hybridized carbons (Fsp3) is 1.00. The molecule has 0 aromatic carbocycles. The fourth-order valence-corrected chi connectivity index (χ4v) is 1.65. The van der Waals surface area contributed by atoms with E-state index in [-0.39, 0.29) is 0 Å². The molecule has 0 saturated carbocycles. The van der Waals surface area contributed by atoms with Crippen LogP contribution in [0.15, 0.2) is 0 Å². The second kappa shape index (κ2) is 12.9. The van der Waals surface area contributed by atoms with Gasteiger partial charge < -0.3 is 14.2 Å². The highest BCUT2D eigenvalue weighted by atomic mass is 16.8. The molecule has 0 aromatic rings. The van der Waals surface area contributed by atoms with E-state index in [0.29, 0.717) is 0 Å². The van der Waals surface area contributed by atoms with E-state index in [1.807, 2.05) is 0 Å². The Morgan fingerprint density at radius 1 is 0.750 bits per heavy atom. The second-order valence-electron chi connectivity index (χ2n) is 4.11. The van der Waals surface area contributed by atoms with Gasteiger partial charge in [0.1, 0.15) is 0 Å². The van der Waals surface area contributed by atoms with Crippen molar-refractivity contribution in [2.75, 3.05) is 20.8 Å². The van der Waals surface area contributed by atoms with Crippen molar-refractivity contribution < 1.29 is 14.2 Å². The molecule has 0 aliphatic carbocycles. The van der Waals surface area contributed by atoms with Crippen molar-refractivity contribution >= 4 is 0 Å². The van der Waals surface area contributed by atoms with Gasteiger partial charge in [-0.2, -0.15) is 0 Å². The summed E-state index contributed by atoms with van der Waals surface area (Å²) in [7, 11) is 3.17. The highest BCUT2D eigenvalue weighted by Crippen LogP contribution is 2.08. The van der Waals surface area contributed by atoms with Gasteiger partial charge in [0.2, 0.25) is 0 Å². The second-order valence-corrected chi connectivity index (χ2v) is 4.11. The molecule has 0 bridgehead atoms. The molecule has 0 aliphatic rings. The molecule has 98 valence electrons. The zero-order valence-corrected chi connectivity index (χ0v) is 11.2. The van der Waals surface area contributed by atoms with Crippen LogP contribution in [0.4, 0.5) is 0 Å². The summed E-state index contributed by atoms with van der Waals surface area (Å²) in [5.74, 6) is 0. The van der Waals surface area contributed by atoms with Gasteiger partial charge in [-0.1, -0.05) is 51.9 Å². The minimum absolute atomic E-state index is 0.496. The van der Waals surface area contributed by atoms with Crippen LogP contribution in [-0.2, 0) is 14.2 Å². The predicted octanol–water partition coefficient (Wildman–Crippen LogP) is 3.72. The molecular formula is C13H28O3. The molecule has 0 aliphatic heterocycles.